The van der Waals surface area contributed by atoms with E-state index in [0.717, 1.165) is 34.2 Å². The van der Waals surface area contributed by atoms with Crippen LogP contribution in [0, 0.1) is 6.92 Å². The van der Waals surface area contributed by atoms with E-state index in [9.17, 15) is 13.2 Å². The quantitative estimate of drug-likeness (QED) is 0.507. The van der Waals surface area contributed by atoms with Crippen LogP contribution in [0.1, 0.15) is 30.4 Å². The van der Waals surface area contributed by atoms with Gasteiger partial charge >= 0.3 is 0 Å². The van der Waals surface area contributed by atoms with Crippen LogP contribution in [-0.4, -0.2) is 44.3 Å². The normalized spacial score (nSPS) is 16.6. The van der Waals surface area contributed by atoms with Gasteiger partial charge in [0.05, 0.1) is 34.4 Å². The van der Waals surface area contributed by atoms with Crippen molar-refractivity contribution in [3.63, 3.8) is 0 Å². The summed E-state index contributed by atoms with van der Waals surface area (Å²) in [7, 11) is -3.40. The molecule has 1 amide bonds. The van der Waals surface area contributed by atoms with Crippen molar-refractivity contribution in [1.82, 2.24) is 4.98 Å². The molecule has 6 nitrogen and oxygen atoms in total. The minimum absolute atomic E-state index is 0.0429. The number of fused-ring (bicyclic) bond motifs is 1. The molecule has 0 bridgehead atoms. The molecule has 1 aliphatic rings. The Kier molecular flexibility index (Phi) is 6.69. The zero-order valence-corrected chi connectivity index (χ0v) is 19.1. The van der Waals surface area contributed by atoms with Crippen LogP contribution in [0.2, 0.25) is 0 Å². The van der Waals surface area contributed by atoms with E-state index < -0.39 is 9.84 Å². The standard InChI is InChI=1S/C23H26N2O4S2/c1-17-9-10-20-21(14-17)30-23(24-20)25(15-19-8-5-12-29-19)22(26)11-13-31(27,28)16-18-6-3-2-4-7-18/h2-4,6-7,9-10,14,19H,5,8,11-13,15-16H2,1H3. The van der Waals surface area contributed by atoms with Gasteiger partial charge in [-0.15, -0.1) is 0 Å². The fourth-order valence-corrected chi connectivity index (χ4v) is 6.11. The number of rotatable bonds is 8. The zero-order chi connectivity index (χ0) is 21.8. The third kappa shape index (κ3) is 5.70. The molecule has 1 saturated heterocycles. The minimum Gasteiger partial charge on any atom is -0.376 e. The summed E-state index contributed by atoms with van der Waals surface area (Å²) >= 11 is 1.46. The van der Waals surface area contributed by atoms with Crippen molar-refractivity contribution >= 4 is 42.4 Å². The monoisotopic (exact) mass is 458 g/mol. The zero-order valence-electron chi connectivity index (χ0n) is 17.5. The SMILES string of the molecule is Cc1ccc2nc(N(CC3CCCO3)C(=O)CCS(=O)(=O)Cc3ccccc3)sc2c1. The molecule has 1 unspecified atom stereocenters. The Morgan fingerprint density at radius 3 is 2.77 bits per heavy atom. The molecular weight excluding hydrogens is 432 g/mol. The molecule has 164 valence electrons. The van der Waals surface area contributed by atoms with Gasteiger partial charge in [0.1, 0.15) is 0 Å². The van der Waals surface area contributed by atoms with E-state index in [1.807, 2.05) is 37.3 Å². The molecule has 0 aliphatic carbocycles. The van der Waals surface area contributed by atoms with E-state index in [1.165, 1.54) is 11.3 Å². The number of ether oxygens (including phenoxy) is 1. The molecule has 0 N–H and O–H groups in total. The van der Waals surface area contributed by atoms with Crippen molar-refractivity contribution in [3.05, 3.63) is 59.7 Å². The van der Waals surface area contributed by atoms with Gasteiger partial charge in [-0.2, -0.15) is 0 Å². The van der Waals surface area contributed by atoms with E-state index in [-0.39, 0.29) is 29.9 Å². The van der Waals surface area contributed by atoms with Crippen molar-refractivity contribution < 1.29 is 17.9 Å². The van der Waals surface area contributed by atoms with Gasteiger partial charge in [0, 0.05) is 13.0 Å². The average Bonchev–Trinajstić information content (AvgIpc) is 3.40. The number of nitrogens with zero attached hydrogens (tertiary/aromatic N) is 2. The highest BCUT2D eigenvalue weighted by molar-refractivity contribution is 7.90. The summed E-state index contributed by atoms with van der Waals surface area (Å²) in [6.45, 7) is 3.11. The number of aryl methyl sites for hydroxylation is 1. The van der Waals surface area contributed by atoms with Crippen molar-refractivity contribution in [2.75, 3.05) is 23.8 Å². The molecule has 3 aromatic rings. The summed E-state index contributed by atoms with van der Waals surface area (Å²) < 4.78 is 31.9. The predicted molar refractivity (Wildman–Crippen MR) is 124 cm³/mol. The maximum Gasteiger partial charge on any atom is 0.229 e. The lowest BCUT2D eigenvalue weighted by molar-refractivity contribution is -0.118. The number of carbonyl (C=O) groups is 1. The topological polar surface area (TPSA) is 76.6 Å². The van der Waals surface area contributed by atoms with Gasteiger partial charge < -0.3 is 4.74 Å². The van der Waals surface area contributed by atoms with Crippen LogP contribution in [-0.2, 0) is 25.1 Å². The predicted octanol–water partition coefficient (Wildman–Crippen LogP) is 4.12. The van der Waals surface area contributed by atoms with Gasteiger partial charge in [-0.1, -0.05) is 47.7 Å². The van der Waals surface area contributed by atoms with Gasteiger partial charge in [0.15, 0.2) is 15.0 Å². The fourth-order valence-electron chi connectivity index (χ4n) is 3.69. The Bertz CT molecular complexity index is 1150. The van der Waals surface area contributed by atoms with Crippen LogP contribution >= 0.6 is 11.3 Å². The number of hydrogen-bond acceptors (Lipinski definition) is 6. The molecule has 8 heteroatoms. The van der Waals surface area contributed by atoms with Crippen LogP contribution in [0.25, 0.3) is 10.2 Å². The molecule has 0 saturated carbocycles. The maximum atomic E-state index is 13.1. The second-order valence-corrected chi connectivity index (χ2v) is 11.1. The second kappa shape index (κ2) is 9.46. The molecule has 2 aromatic carbocycles. The summed E-state index contributed by atoms with van der Waals surface area (Å²) in [5, 5.41) is 0.599. The number of anilines is 1. The van der Waals surface area contributed by atoms with Crippen LogP contribution in [0.4, 0.5) is 5.13 Å². The second-order valence-electron chi connectivity index (χ2n) is 7.93. The lowest BCUT2D eigenvalue weighted by Crippen LogP contribution is -2.38. The van der Waals surface area contributed by atoms with Crippen LogP contribution in [0.5, 0.6) is 0 Å². The summed E-state index contributed by atoms with van der Waals surface area (Å²) in [4.78, 5) is 19.4. The number of aromatic nitrogens is 1. The number of hydrogen-bond donors (Lipinski definition) is 0. The maximum absolute atomic E-state index is 13.1. The van der Waals surface area contributed by atoms with Gasteiger partial charge in [-0.05, 0) is 43.0 Å². The van der Waals surface area contributed by atoms with Crippen LogP contribution in [0.15, 0.2) is 48.5 Å². The third-order valence-electron chi connectivity index (χ3n) is 5.33. The first-order valence-corrected chi connectivity index (χ1v) is 13.1. The number of thiazole rings is 1. The lowest BCUT2D eigenvalue weighted by Gasteiger charge is -2.23. The first kappa shape index (κ1) is 21.9. The number of benzene rings is 2. The van der Waals surface area contributed by atoms with Gasteiger partial charge in [0.2, 0.25) is 5.91 Å². The average molecular weight is 459 g/mol. The first-order chi connectivity index (χ1) is 14.9. The molecule has 1 fully saturated rings. The largest absolute Gasteiger partial charge is 0.376 e. The van der Waals surface area contributed by atoms with Crippen molar-refractivity contribution in [2.45, 2.75) is 38.0 Å². The van der Waals surface area contributed by atoms with E-state index in [1.54, 1.807) is 17.0 Å². The Hall–Kier alpha value is -2.29. The van der Waals surface area contributed by atoms with E-state index in [4.69, 9.17) is 4.74 Å². The molecular formula is C23H26N2O4S2. The minimum atomic E-state index is -3.40. The van der Waals surface area contributed by atoms with Gasteiger partial charge in [-0.3, -0.25) is 9.69 Å². The molecule has 1 atom stereocenters. The molecule has 0 spiro atoms. The van der Waals surface area contributed by atoms with Crippen LogP contribution < -0.4 is 4.90 Å². The summed E-state index contributed by atoms with van der Waals surface area (Å²) in [6.07, 6.45) is 1.74. The molecule has 4 rings (SSSR count). The number of carbonyl (C=O) groups excluding carboxylic acids is 1. The molecule has 0 radical (unpaired) electrons. The Labute approximate surface area is 186 Å². The Morgan fingerprint density at radius 2 is 2.03 bits per heavy atom. The fraction of sp³-hybridized carbons (Fsp3) is 0.391. The summed E-state index contributed by atoms with van der Waals surface area (Å²) in [5.41, 5.74) is 2.70. The van der Waals surface area contributed by atoms with Gasteiger partial charge in [-0.25, -0.2) is 13.4 Å². The number of amides is 1. The molecule has 1 aromatic heterocycles. The molecule has 2 heterocycles. The van der Waals surface area contributed by atoms with Crippen molar-refractivity contribution in [3.8, 4) is 0 Å². The molecule has 31 heavy (non-hydrogen) atoms. The van der Waals surface area contributed by atoms with Crippen LogP contribution in [0.3, 0.4) is 0 Å². The Morgan fingerprint density at radius 1 is 1.23 bits per heavy atom. The highest BCUT2D eigenvalue weighted by Crippen LogP contribution is 2.31. The van der Waals surface area contributed by atoms with E-state index in [2.05, 4.69) is 11.1 Å². The number of sulfone groups is 1. The van der Waals surface area contributed by atoms with Gasteiger partial charge in [0.25, 0.3) is 0 Å². The van der Waals surface area contributed by atoms with Crippen molar-refractivity contribution in [1.29, 1.82) is 0 Å². The Balaban J connectivity index is 1.50. The summed E-state index contributed by atoms with van der Waals surface area (Å²) in [6, 6.07) is 15.0. The highest BCUT2D eigenvalue weighted by atomic mass is 32.2. The van der Waals surface area contributed by atoms with E-state index >= 15 is 0 Å². The molecule has 1 aliphatic heterocycles. The highest BCUT2D eigenvalue weighted by Gasteiger charge is 2.27. The third-order valence-corrected chi connectivity index (χ3v) is 7.97. The first-order valence-electron chi connectivity index (χ1n) is 10.4. The van der Waals surface area contributed by atoms with Crippen molar-refractivity contribution in [2.24, 2.45) is 0 Å². The van der Waals surface area contributed by atoms with E-state index in [0.29, 0.717) is 18.3 Å². The smallest absolute Gasteiger partial charge is 0.229 e. The lowest BCUT2D eigenvalue weighted by atomic mass is 10.2. The summed E-state index contributed by atoms with van der Waals surface area (Å²) in [5.74, 6) is -0.483.